The van der Waals surface area contributed by atoms with Crippen LogP contribution in [0.15, 0.2) is 89.6 Å². The quantitative estimate of drug-likeness (QED) is 0.125. The average molecular weight is 652 g/mol. The van der Waals surface area contributed by atoms with Crippen molar-refractivity contribution < 1.29 is 14.4 Å². The molecule has 0 saturated heterocycles. The van der Waals surface area contributed by atoms with Crippen LogP contribution in [0.1, 0.15) is 89.4 Å². The van der Waals surface area contributed by atoms with Crippen molar-refractivity contribution in [3.8, 4) is 17.2 Å². The van der Waals surface area contributed by atoms with E-state index >= 15 is 0 Å². The SMILES string of the molecule is CCCCC1CC1.C[C@@H](NC(=O)c1cc(C(=O)N[C@H](CN)Cc2ccsc2)cc(-c2ccccc2C#N)c1)c1ccccc1.NC=O. The van der Waals surface area contributed by atoms with Gasteiger partial charge in [0.15, 0.2) is 0 Å². The Bertz CT molecular complexity index is 1600. The van der Waals surface area contributed by atoms with E-state index in [1.54, 1.807) is 41.7 Å². The van der Waals surface area contributed by atoms with Crippen molar-refractivity contribution in [1.29, 1.82) is 5.26 Å². The molecule has 47 heavy (non-hydrogen) atoms. The van der Waals surface area contributed by atoms with Crippen molar-refractivity contribution in [1.82, 2.24) is 10.6 Å². The molecule has 2 atom stereocenters. The van der Waals surface area contributed by atoms with Crippen LogP contribution in [0, 0.1) is 17.2 Å². The maximum atomic E-state index is 13.3. The number of nitrogens with zero attached hydrogens (tertiary/aromatic N) is 1. The fourth-order valence-corrected chi connectivity index (χ4v) is 5.72. The van der Waals surface area contributed by atoms with Crippen molar-refractivity contribution in [2.45, 2.75) is 64.5 Å². The summed E-state index contributed by atoms with van der Waals surface area (Å²) < 4.78 is 0. The number of hydrogen-bond donors (Lipinski definition) is 4. The van der Waals surface area contributed by atoms with Gasteiger partial charge >= 0.3 is 0 Å². The molecule has 0 bridgehead atoms. The summed E-state index contributed by atoms with van der Waals surface area (Å²) in [5.74, 6) is 0.516. The third-order valence-electron chi connectivity index (χ3n) is 7.81. The second-order valence-electron chi connectivity index (χ2n) is 11.5. The van der Waals surface area contributed by atoms with Crippen molar-refractivity contribution in [3.05, 3.63) is 117 Å². The van der Waals surface area contributed by atoms with Crippen LogP contribution in [0.2, 0.25) is 0 Å². The van der Waals surface area contributed by atoms with Gasteiger partial charge in [0.1, 0.15) is 0 Å². The van der Waals surface area contributed by atoms with E-state index < -0.39 is 0 Å². The Morgan fingerprint density at radius 3 is 2.21 bits per heavy atom. The van der Waals surface area contributed by atoms with Gasteiger partial charge in [-0.1, -0.05) is 87.6 Å². The van der Waals surface area contributed by atoms with Gasteiger partial charge in [-0.2, -0.15) is 16.6 Å². The number of unbranched alkanes of at least 4 members (excludes halogenated alkanes) is 1. The first-order chi connectivity index (χ1) is 22.8. The van der Waals surface area contributed by atoms with Crippen molar-refractivity contribution >= 4 is 29.6 Å². The fraction of sp³-hybridized carbons (Fsp3) is 0.316. The summed E-state index contributed by atoms with van der Waals surface area (Å²) in [5, 5.41) is 19.7. The predicted molar refractivity (Wildman–Crippen MR) is 190 cm³/mol. The summed E-state index contributed by atoms with van der Waals surface area (Å²) in [6.07, 6.45) is 8.28. The van der Waals surface area contributed by atoms with E-state index in [1.165, 1.54) is 32.1 Å². The van der Waals surface area contributed by atoms with Gasteiger partial charge < -0.3 is 22.1 Å². The molecule has 5 rings (SSSR count). The molecule has 1 aliphatic carbocycles. The Labute approximate surface area is 282 Å². The normalized spacial score (nSPS) is 12.9. The number of nitriles is 1. The molecule has 0 aliphatic heterocycles. The highest BCUT2D eigenvalue weighted by atomic mass is 32.1. The molecule has 6 N–H and O–H groups in total. The lowest BCUT2D eigenvalue weighted by Gasteiger charge is -2.18. The largest absolute Gasteiger partial charge is 0.372 e. The number of carbonyl (C=O) groups excluding carboxylic acids is 3. The van der Waals surface area contributed by atoms with Gasteiger partial charge in [-0.3, -0.25) is 14.4 Å². The van der Waals surface area contributed by atoms with Gasteiger partial charge in [-0.05, 0) is 82.6 Å². The maximum Gasteiger partial charge on any atom is 0.251 e. The summed E-state index contributed by atoms with van der Waals surface area (Å²) in [5.41, 5.74) is 14.6. The van der Waals surface area contributed by atoms with E-state index in [-0.39, 0.29) is 36.9 Å². The Kier molecular flexibility index (Phi) is 15.4. The summed E-state index contributed by atoms with van der Waals surface area (Å²) in [4.78, 5) is 35.2. The number of thiophene rings is 1. The van der Waals surface area contributed by atoms with Gasteiger partial charge in [0.25, 0.3) is 11.8 Å². The van der Waals surface area contributed by atoms with Gasteiger partial charge in [0.2, 0.25) is 6.41 Å². The third-order valence-corrected chi connectivity index (χ3v) is 8.54. The zero-order valence-corrected chi connectivity index (χ0v) is 28.0. The van der Waals surface area contributed by atoms with Gasteiger partial charge in [-0.15, -0.1) is 0 Å². The van der Waals surface area contributed by atoms with Crippen LogP contribution >= 0.6 is 11.3 Å². The number of amides is 3. The lowest BCUT2D eigenvalue weighted by molar-refractivity contribution is -0.106. The Morgan fingerprint density at radius 1 is 1.00 bits per heavy atom. The monoisotopic (exact) mass is 651 g/mol. The van der Waals surface area contributed by atoms with Crippen LogP contribution in [-0.2, 0) is 11.2 Å². The first-order valence-corrected chi connectivity index (χ1v) is 16.9. The number of carbonyl (C=O) groups is 3. The van der Waals surface area contributed by atoms with Crippen molar-refractivity contribution in [2.75, 3.05) is 6.54 Å². The molecule has 1 fully saturated rings. The molecule has 1 saturated carbocycles. The molecule has 246 valence electrons. The van der Waals surface area contributed by atoms with Crippen LogP contribution in [-0.4, -0.2) is 30.8 Å². The standard InChI is InChI=1S/C30H28N4O2S.C7H14.CH3NO/c1-20(22-7-3-2-4-8-22)33-29(35)25-14-24(28-10-6-5-9-23(28)17-31)15-26(16-25)30(36)34-27(18-32)13-21-11-12-37-19-21;1-2-3-4-7-5-6-7;2-1-3/h2-12,14-16,19-20,27H,13,18,32H2,1H3,(H,33,35)(H,34,36);7H,2-6H2,1H3;1H,(H2,2,3)/t20-,27+;;/m1../s1. The number of rotatable bonds is 12. The number of nitrogens with two attached hydrogens (primary N) is 2. The van der Waals surface area contributed by atoms with Crippen LogP contribution in [0.25, 0.3) is 11.1 Å². The van der Waals surface area contributed by atoms with Crippen LogP contribution in [0.5, 0.6) is 0 Å². The minimum atomic E-state index is -0.327. The summed E-state index contributed by atoms with van der Waals surface area (Å²) in [6.45, 7) is 4.45. The molecule has 1 aliphatic rings. The minimum Gasteiger partial charge on any atom is -0.372 e. The summed E-state index contributed by atoms with van der Waals surface area (Å²) in [6, 6.07) is 25.5. The zero-order chi connectivity index (χ0) is 34.0. The smallest absolute Gasteiger partial charge is 0.251 e. The lowest BCUT2D eigenvalue weighted by Crippen LogP contribution is -2.41. The highest BCUT2D eigenvalue weighted by Crippen LogP contribution is 2.33. The molecule has 3 aromatic carbocycles. The van der Waals surface area contributed by atoms with E-state index in [0.717, 1.165) is 17.0 Å². The fourth-order valence-electron chi connectivity index (χ4n) is 5.04. The van der Waals surface area contributed by atoms with E-state index in [2.05, 4.69) is 29.4 Å². The number of benzene rings is 3. The second kappa shape index (κ2) is 19.7. The molecule has 1 aromatic heterocycles. The highest BCUT2D eigenvalue weighted by Gasteiger charge is 2.20. The Hall–Kier alpha value is -4.78. The molecule has 4 aromatic rings. The maximum absolute atomic E-state index is 13.3. The van der Waals surface area contributed by atoms with E-state index in [0.29, 0.717) is 34.2 Å². The summed E-state index contributed by atoms with van der Waals surface area (Å²) >= 11 is 1.59. The Morgan fingerprint density at radius 2 is 1.64 bits per heavy atom. The number of hydrogen-bond acceptors (Lipinski definition) is 6. The topological polar surface area (TPSA) is 151 Å². The molecular formula is C38H45N5O3S. The van der Waals surface area contributed by atoms with E-state index in [1.807, 2.05) is 66.2 Å². The number of nitrogens with one attached hydrogen (secondary N) is 2. The molecule has 9 heteroatoms. The molecule has 0 radical (unpaired) electrons. The average Bonchev–Trinajstić information content (AvgIpc) is 3.80. The Balaban J connectivity index is 0.000000517. The van der Waals surface area contributed by atoms with Crippen LogP contribution < -0.4 is 22.1 Å². The molecule has 0 unspecified atom stereocenters. The first-order valence-electron chi connectivity index (χ1n) is 16.0. The number of primary amides is 1. The van der Waals surface area contributed by atoms with Crippen molar-refractivity contribution in [2.24, 2.45) is 17.4 Å². The van der Waals surface area contributed by atoms with Crippen LogP contribution in [0.3, 0.4) is 0 Å². The van der Waals surface area contributed by atoms with Crippen LogP contribution in [0.4, 0.5) is 0 Å². The molecule has 3 amide bonds. The molecular weight excluding hydrogens is 607 g/mol. The highest BCUT2D eigenvalue weighted by molar-refractivity contribution is 7.07. The van der Waals surface area contributed by atoms with E-state index in [9.17, 15) is 14.9 Å². The van der Waals surface area contributed by atoms with Gasteiger partial charge in [-0.25, -0.2) is 0 Å². The van der Waals surface area contributed by atoms with E-state index in [4.69, 9.17) is 10.5 Å². The molecule has 0 spiro atoms. The van der Waals surface area contributed by atoms with Crippen molar-refractivity contribution in [3.63, 3.8) is 0 Å². The third kappa shape index (κ3) is 12.2. The lowest BCUT2D eigenvalue weighted by atomic mass is 9.95. The molecule has 1 heterocycles. The molecule has 8 nitrogen and oxygen atoms in total. The predicted octanol–water partition coefficient (Wildman–Crippen LogP) is 6.77. The van der Waals surface area contributed by atoms with Gasteiger partial charge in [0, 0.05) is 23.7 Å². The van der Waals surface area contributed by atoms with Gasteiger partial charge in [0.05, 0.1) is 17.7 Å². The zero-order valence-electron chi connectivity index (χ0n) is 27.2. The first kappa shape index (κ1) is 36.7. The minimum absolute atomic E-state index is 0.228. The summed E-state index contributed by atoms with van der Waals surface area (Å²) in [7, 11) is 0. The second-order valence-corrected chi connectivity index (χ2v) is 12.3.